The quantitative estimate of drug-likeness (QED) is 0.918. The Morgan fingerprint density at radius 1 is 1.14 bits per heavy atom. The largest absolute Gasteiger partial charge is 0.314 e. The SMILES string of the molecule is CN1CCN(CCC2CCCCN2)C(c2ccccc2)C1. The third-order valence-corrected chi connectivity index (χ3v) is 5.06. The summed E-state index contributed by atoms with van der Waals surface area (Å²) < 4.78 is 0. The topological polar surface area (TPSA) is 18.5 Å². The van der Waals surface area contributed by atoms with Crippen LogP contribution >= 0.6 is 0 Å². The molecular formula is C18H29N3. The normalized spacial score (nSPS) is 28.6. The lowest BCUT2D eigenvalue weighted by Crippen LogP contribution is -2.48. The maximum atomic E-state index is 3.68. The molecule has 0 spiro atoms. The van der Waals surface area contributed by atoms with E-state index in [1.165, 1.54) is 57.4 Å². The van der Waals surface area contributed by atoms with Crippen molar-refractivity contribution in [2.45, 2.75) is 37.8 Å². The monoisotopic (exact) mass is 287 g/mol. The minimum absolute atomic E-state index is 0.563. The summed E-state index contributed by atoms with van der Waals surface area (Å²) in [5, 5.41) is 3.68. The summed E-state index contributed by atoms with van der Waals surface area (Å²) in [7, 11) is 2.25. The smallest absolute Gasteiger partial charge is 0.0475 e. The number of nitrogens with one attached hydrogen (secondary N) is 1. The predicted molar refractivity (Wildman–Crippen MR) is 88.5 cm³/mol. The lowest BCUT2D eigenvalue weighted by molar-refractivity contribution is 0.0848. The summed E-state index contributed by atoms with van der Waals surface area (Å²) in [6, 6.07) is 12.3. The molecule has 2 aliphatic heterocycles. The van der Waals surface area contributed by atoms with Gasteiger partial charge in [0.1, 0.15) is 0 Å². The van der Waals surface area contributed by atoms with Crippen molar-refractivity contribution in [1.82, 2.24) is 15.1 Å². The van der Waals surface area contributed by atoms with Crippen molar-refractivity contribution in [3.05, 3.63) is 35.9 Å². The van der Waals surface area contributed by atoms with E-state index in [0.29, 0.717) is 6.04 Å². The molecule has 0 aromatic heterocycles. The van der Waals surface area contributed by atoms with Crippen LogP contribution in [0.1, 0.15) is 37.3 Å². The van der Waals surface area contributed by atoms with E-state index in [9.17, 15) is 0 Å². The van der Waals surface area contributed by atoms with Gasteiger partial charge in [0.25, 0.3) is 0 Å². The van der Waals surface area contributed by atoms with E-state index >= 15 is 0 Å². The Balaban J connectivity index is 1.61. The number of piperidine rings is 1. The van der Waals surface area contributed by atoms with E-state index in [0.717, 1.165) is 12.6 Å². The highest BCUT2D eigenvalue weighted by Crippen LogP contribution is 2.25. The first-order valence-electron chi connectivity index (χ1n) is 8.54. The van der Waals surface area contributed by atoms with Gasteiger partial charge in [-0.2, -0.15) is 0 Å². The number of benzene rings is 1. The van der Waals surface area contributed by atoms with E-state index in [2.05, 4.69) is 52.5 Å². The fourth-order valence-electron chi connectivity index (χ4n) is 3.71. The van der Waals surface area contributed by atoms with Gasteiger partial charge in [-0.3, -0.25) is 4.90 Å². The van der Waals surface area contributed by atoms with Gasteiger partial charge in [-0.05, 0) is 38.4 Å². The highest BCUT2D eigenvalue weighted by Gasteiger charge is 2.27. The van der Waals surface area contributed by atoms with Crippen LogP contribution in [0.15, 0.2) is 30.3 Å². The van der Waals surface area contributed by atoms with Gasteiger partial charge in [-0.1, -0.05) is 36.8 Å². The van der Waals surface area contributed by atoms with E-state index in [1.54, 1.807) is 0 Å². The predicted octanol–water partition coefficient (Wildman–Crippen LogP) is 2.51. The minimum Gasteiger partial charge on any atom is -0.314 e. The molecule has 2 aliphatic rings. The van der Waals surface area contributed by atoms with Gasteiger partial charge in [0.15, 0.2) is 0 Å². The molecule has 1 N–H and O–H groups in total. The Labute approximate surface area is 129 Å². The van der Waals surface area contributed by atoms with Crippen LogP contribution in [0.5, 0.6) is 0 Å². The van der Waals surface area contributed by atoms with Gasteiger partial charge in [0.05, 0.1) is 0 Å². The fourth-order valence-corrected chi connectivity index (χ4v) is 3.71. The van der Waals surface area contributed by atoms with Crippen molar-refractivity contribution in [1.29, 1.82) is 0 Å². The number of nitrogens with zero attached hydrogens (tertiary/aromatic N) is 2. The van der Waals surface area contributed by atoms with Gasteiger partial charge < -0.3 is 10.2 Å². The molecule has 3 rings (SSSR count). The number of hydrogen-bond donors (Lipinski definition) is 1. The Bertz CT molecular complexity index is 414. The Hall–Kier alpha value is -0.900. The summed E-state index contributed by atoms with van der Waals surface area (Å²) >= 11 is 0. The Kier molecular flexibility index (Phi) is 5.28. The van der Waals surface area contributed by atoms with Gasteiger partial charge in [-0.25, -0.2) is 0 Å². The van der Waals surface area contributed by atoms with Crippen molar-refractivity contribution in [2.24, 2.45) is 0 Å². The number of hydrogen-bond acceptors (Lipinski definition) is 3. The minimum atomic E-state index is 0.563. The second-order valence-corrected chi connectivity index (χ2v) is 6.66. The van der Waals surface area contributed by atoms with E-state index in [4.69, 9.17) is 0 Å². The first kappa shape index (κ1) is 15.0. The highest BCUT2D eigenvalue weighted by molar-refractivity contribution is 5.20. The van der Waals surface area contributed by atoms with Gasteiger partial charge in [0.2, 0.25) is 0 Å². The van der Waals surface area contributed by atoms with Crippen molar-refractivity contribution < 1.29 is 0 Å². The van der Waals surface area contributed by atoms with Crippen LogP contribution in [0.3, 0.4) is 0 Å². The fraction of sp³-hybridized carbons (Fsp3) is 0.667. The summed E-state index contributed by atoms with van der Waals surface area (Å²) in [5.74, 6) is 0. The number of likely N-dealkylation sites (N-methyl/N-ethyl adjacent to an activating group) is 1. The van der Waals surface area contributed by atoms with Gasteiger partial charge in [-0.15, -0.1) is 0 Å². The second kappa shape index (κ2) is 7.39. The first-order valence-corrected chi connectivity index (χ1v) is 8.54. The maximum absolute atomic E-state index is 3.68. The van der Waals surface area contributed by atoms with Crippen LogP contribution < -0.4 is 5.32 Å². The zero-order valence-electron chi connectivity index (χ0n) is 13.3. The lowest BCUT2D eigenvalue weighted by atomic mass is 9.99. The molecule has 0 radical (unpaired) electrons. The van der Waals surface area contributed by atoms with Crippen molar-refractivity contribution in [3.8, 4) is 0 Å². The van der Waals surface area contributed by atoms with Crippen molar-refractivity contribution in [3.63, 3.8) is 0 Å². The molecule has 2 atom stereocenters. The molecule has 3 heteroatoms. The maximum Gasteiger partial charge on any atom is 0.0475 e. The van der Waals surface area contributed by atoms with Crippen LogP contribution in [0.2, 0.25) is 0 Å². The van der Waals surface area contributed by atoms with Crippen LogP contribution in [0.25, 0.3) is 0 Å². The van der Waals surface area contributed by atoms with Crippen molar-refractivity contribution in [2.75, 3.05) is 39.8 Å². The van der Waals surface area contributed by atoms with Gasteiger partial charge in [0, 0.05) is 38.3 Å². The van der Waals surface area contributed by atoms with E-state index < -0.39 is 0 Å². The molecule has 1 aromatic rings. The van der Waals surface area contributed by atoms with Crippen molar-refractivity contribution >= 4 is 0 Å². The molecule has 0 bridgehead atoms. The third kappa shape index (κ3) is 4.06. The molecule has 2 fully saturated rings. The molecule has 0 amide bonds. The molecule has 0 saturated carbocycles. The standard InChI is InChI=1S/C18H29N3/c1-20-13-14-21(12-10-17-9-5-6-11-19-17)18(15-20)16-7-3-2-4-8-16/h2-4,7-8,17-19H,5-6,9-15H2,1H3. The molecule has 0 aliphatic carbocycles. The van der Waals surface area contributed by atoms with Crippen LogP contribution in [0, 0.1) is 0 Å². The summed E-state index contributed by atoms with van der Waals surface area (Å²) in [4.78, 5) is 5.17. The first-order chi connectivity index (χ1) is 10.3. The van der Waals surface area contributed by atoms with Crippen LogP contribution in [0.4, 0.5) is 0 Å². The van der Waals surface area contributed by atoms with Crippen LogP contribution in [-0.4, -0.2) is 55.6 Å². The molecule has 3 nitrogen and oxygen atoms in total. The van der Waals surface area contributed by atoms with E-state index in [-0.39, 0.29) is 0 Å². The average molecular weight is 287 g/mol. The summed E-state index contributed by atoms with van der Waals surface area (Å²) in [5.41, 5.74) is 1.47. The average Bonchev–Trinajstić information content (AvgIpc) is 2.55. The third-order valence-electron chi connectivity index (χ3n) is 5.06. The summed E-state index contributed by atoms with van der Waals surface area (Å²) in [6.07, 6.45) is 5.43. The zero-order valence-corrected chi connectivity index (χ0v) is 13.3. The zero-order chi connectivity index (χ0) is 14.5. The number of rotatable bonds is 4. The Morgan fingerprint density at radius 2 is 2.00 bits per heavy atom. The van der Waals surface area contributed by atoms with Crippen LogP contribution in [-0.2, 0) is 0 Å². The molecule has 1 aromatic carbocycles. The summed E-state index contributed by atoms with van der Waals surface area (Å²) in [6.45, 7) is 5.99. The Morgan fingerprint density at radius 3 is 2.76 bits per heavy atom. The highest BCUT2D eigenvalue weighted by atomic mass is 15.3. The number of piperazine rings is 1. The van der Waals surface area contributed by atoms with E-state index in [1.807, 2.05) is 0 Å². The molecule has 116 valence electrons. The molecule has 2 heterocycles. The molecule has 2 saturated heterocycles. The molecular weight excluding hydrogens is 258 g/mol. The molecule has 21 heavy (non-hydrogen) atoms. The molecule has 2 unspecified atom stereocenters. The van der Waals surface area contributed by atoms with Gasteiger partial charge >= 0.3 is 0 Å². The lowest BCUT2D eigenvalue weighted by Gasteiger charge is -2.41. The second-order valence-electron chi connectivity index (χ2n) is 6.66.